The maximum absolute atomic E-state index is 5.28. The summed E-state index contributed by atoms with van der Waals surface area (Å²) in [6.07, 6.45) is 0. The Morgan fingerprint density at radius 2 is 2.43 bits per heavy atom. The first-order chi connectivity index (χ1) is 6.69. The Labute approximate surface area is 84.6 Å². The Kier molecular flexibility index (Phi) is 3.71. The Bertz CT molecular complexity index is 317. The van der Waals surface area contributed by atoms with E-state index < -0.39 is 0 Å². The van der Waals surface area contributed by atoms with Gasteiger partial charge in [-0.3, -0.25) is 4.68 Å². The average Bonchev–Trinajstić information content (AvgIpc) is 2.49. The van der Waals surface area contributed by atoms with Gasteiger partial charge in [-0.1, -0.05) is 6.58 Å². The molecule has 0 atom stereocenters. The van der Waals surface area contributed by atoms with Gasteiger partial charge in [0.25, 0.3) is 0 Å². The van der Waals surface area contributed by atoms with Gasteiger partial charge in [0.2, 0.25) is 0 Å². The van der Waals surface area contributed by atoms with Crippen LogP contribution < -0.4 is 5.32 Å². The van der Waals surface area contributed by atoms with Crippen LogP contribution in [-0.4, -0.2) is 23.4 Å². The van der Waals surface area contributed by atoms with Gasteiger partial charge in [0.05, 0.1) is 12.3 Å². The number of nitrogens with zero attached hydrogens (tertiary/aromatic N) is 2. The number of hydrogen-bond donors (Lipinski definition) is 1. The van der Waals surface area contributed by atoms with Crippen LogP contribution in [0, 0.1) is 0 Å². The number of hydrogen-bond acceptors (Lipinski definition) is 3. The summed E-state index contributed by atoms with van der Waals surface area (Å²) in [5, 5.41) is 7.38. The molecule has 1 rings (SSSR count). The second kappa shape index (κ2) is 4.81. The standard InChI is InChI=1S/C10H17N3O/c1-5-14-8(2)10-6-9(7-11-3)13(4)12-10/h6,11H,2,5,7H2,1,3-4H3. The lowest BCUT2D eigenvalue weighted by molar-refractivity contribution is 0.297. The summed E-state index contributed by atoms with van der Waals surface area (Å²) in [4.78, 5) is 0. The number of rotatable bonds is 5. The highest BCUT2D eigenvalue weighted by Crippen LogP contribution is 2.13. The highest BCUT2D eigenvalue weighted by atomic mass is 16.5. The molecule has 0 fully saturated rings. The molecule has 1 aromatic heterocycles. The first-order valence-electron chi connectivity index (χ1n) is 4.68. The van der Waals surface area contributed by atoms with Gasteiger partial charge in [0.1, 0.15) is 11.5 Å². The molecule has 1 N–H and O–H groups in total. The highest BCUT2D eigenvalue weighted by Gasteiger charge is 2.07. The largest absolute Gasteiger partial charge is 0.492 e. The molecule has 4 heteroatoms. The van der Waals surface area contributed by atoms with Crippen LogP contribution in [0.25, 0.3) is 5.76 Å². The Balaban J connectivity index is 2.79. The predicted octanol–water partition coefficient (Wildman–Crippen LogP) is 1.15. The van der Waals surface area contributed by atoms with Gasteiger partial charge >= 0.3 is 0 Å². The molecule has 1 aromatic rings. The average molecular weight is 195 g/mol. The lowest BCUT2D eigenvalue weighted by atomic mass is 10.3. The van der Waals surface area contributed by atoms with Crippen molar-refractivity contribution < 1.29 is 4.74 Å². The van der Waals surface area contributed by atoms with Crippen molar-refractivity contribution in [3.05, 3.63) is 24.0 Å². The second-order valence-electron chi connectivity index (χ2n) is 3.03. The van der Waals surface area contributed by atoms with E-state index in [0.29, 0.717) is 12.4 Å². The van der Waals surface area contributed by atoms with Gasteiger partial charge in [0, 0.05) is 13.6 Å². The molecule has 78 valence electrons. The van der Waals surface area contributed by atoms with Crippen LogP contribution in [0.3, 0.4) is 0 Å². The number of nitrogens with one attached hydrogen (secondary N) is 1. The molecule has 0 saturated carbocycles. The zero-order valence-electron chi connectivity index (χ0n) is 9.00. The normalized spacial score (nSPS) is 10.2. The molecule has 4 nitrogen and oxygen atoms in total. The van der Waals surface area contributed by atoms with Crippen molar-refractivity contribution in [3.8, 4) is 0 Å². The van der Waals surface area contributed by atoms with Crippen molar-refractivity contribution in [3.63, 3.8) is 0 Å². The molecule has 0 unspecified atom stereocenters. The van der Waals surface area contributed by atoms with Gasteiger partial charge in [-0.05, 0) is 20.0 Å². The summed E-state index contributed by atoms with van der Waals surface area (Å²) in [5.41, 5.74) is 1.92. The van der Waals surface area contributed by atoms with Crippen molar-refractivity contribution >= 4 is 5.76 Å². The minimum Gasteiger partial charge on any atom is -0.492 e. The monoisotopic (exact) mass is 195 g/mol. The maximum Gasteiger partial charge on any atom is 0.139 e. The van der Waals surface area contributed by atoms with Gasteiger partial charge in [-0.25, -0.2) is 0 Å². The fraction of sp³-hybridized carbons (Fsp3) is 0.500. The molecule has 0 radical (unpaired) electrons. The van der Waals surface area contributed by atoms with E-state index in [-0.39, 0.29) is 0 Å². The fourth-order valence-electron chi connectivity index (χ4n) is 1.24. The van der Waals surface area contributed by atoms with Gasteiger partial charge in [0.15, 0.2) is 0 Å². The summed E-state index contributed by atoms with van der Waals surface area (Å²) in [5.74, 6) is 0.630. The molecule has 0 spiro atoms. The van der Waals surface area contributed by atoms with Crippen molar-refractivity contribution in [2.45, 2.75) is 13.5 Å². The molecular formula is C10H17N3O. The Morgan fingerprint density at radius 3 is 3.00 bits per heavy atom. The summed E-state index contributed by atoms with van der Waals surface area (Å²) < 4.78 is 7.11. The number of aromatic nitrogens is 2. The Hall–Kier alpha value is -1.29. The second-order valence-corrected chi connectivity index (χ2v) is 3.03. The molecule has 14 heavy (non-hydrogen) atoms. The third-order valence-corrected chi connectivity index (χ3v) is 1.94. The molecule has 0 amide bonds. The predicted molar refractivity (Wildman–Crippen MR) is 56.6 cm³/mol. The third-order valence-electron chi connectivity index (χ3n) is 1.94. The topological polar surface area (TPSA) is 39.1 Å². The van der Waals surface area contributed by atoms with Crippen LogP contribution in [0.4, 0.5) is 0 Å². The van der Waals surface area contributed by atoms with E-state index in [1.165, 1.54) is 0 Å². The zero-order valence-corrected chi connectivity index (χ0v) is 9.00. The van der Waals surface area contributed by atoms with Crippen LogP contribution in [0.15, 0.2) is 12.6 Å². The molecule has 0 aliphatic heterocycles. The molecule has 0 aliphatic carbocycles. The fourth-order valence-corrected chi connectivity index (χ4v) is 1.24. The van der Waals surface area contributed by atoms with Gasteiger partial charge in [-0.15, -0.1) is 0 Å². The van der Waals surface area contributed by atoms with Crippen LogP contribution >= 0.6 is 0 Å². The van der Waals surface area contributed by atoms with E-state index in [1.54, 1.807) is 0 Å². The van der Waals surface area contributed by atoms with Crippen LogP contribution in [0.1, 0.15) is 18.3 Å². The SMILES string of the molecule is C=C(OCC)c1cc(CNC)n(C)n1. The summed E-state index contributed by atoms with van der Waals surface area (Å²) in [6.45, 7) is 7.16. The van der Waals surface area contributed by atoms with Crippen LogP contribution in [-0.2, 0) is 18.3 Å². The number of ether oxygens (including phenoxy) is 1. The zero-order chi connectivity index (χ0) is 10.6. The first kappa shape index (κ1) is 10.8. The van der Waals surface area contributed by atoms with E-state index in [4.69, 9.17) is 4.74 Å². The van der Waals surface area contributed by atoms with Crippen molar-refractivity contribution in [2.24, 2.45) is 7.05 Å². The Morgan fingerprint density at radius 1 is 1.71 bits per heavy atom. The van der Waals surface area contributed by atoms with E-state index in [1.807, 2.05) is 31.8 Å². The molecule has 0 bridgehead atoms. The first-order valence-corrected chi connectivity index (χ1v) is 4.68. The minimum atomic E-state index is 0.622. The van der Waals surface area contributed by atoms with Crippen molar-refractivity contribution in [1.29, 1.82) is 0 Å². The van der Waals surface area contributed by atoms with E-state index >= 15 is 0 Å². The molecule has 0 saturated heterocycles. The van der Waals surface area contributed by atoms with Crippen LogP contribution in [0.2, 0.25) is 0 Å². The van der Waals surface area contributed by atoms with Gasteiger partial charge < -0.3 is 10.1 Å². The van der Waals surface area contributed by atoms with Gasteiger partial charge in [-0.2, -0.15) is 5.10 Å². The molecule has 0 aromatic carbocycles. The lowest BCUT2D eigenvalue weighted by Gasteiger charge is -2.01. The maximum atomic E-state index is 5.28. The van der Waals surface area contributed by atoms with Crippen molar-refractivity contribution in [1.82, 2.24) is 15.1 Å². The summed E-state index contributed by atoms with van der Waals surface area (Å²) in [6, 6.07) is 1.98. The molecule has 1 heterocycles. The summed E-state index contributed by atoms with van der Waals surface area (Å²) in [7, 11) is 3.82. The van der Waals surface area contributed by atoms with E-state index in [0.717, 1.165) is 17.9 Å². The van der Waals surface area contributed by atoms with E-state index in [2.05, 4.69) is 17.0 Å². The van der Waals surface area contributed by atoms with Crippen molar-refractivity contribution in [2.75, 3.05) is 13.7 Å². The minimum absolute atomic E-state index is 0.622. The van der Waals surface area contributed by atoms with Crippen LogP contribution in [0.5, 0.6) is 0 Å². The quantitative estimate of drug-likeness (QED) is 0.716. The third kappa shape index (κ3) is 2.35. The number of aryl methyl sites for hydroxylation is 1. The van der Waals surface area contributed by atoms with E-state index in [9.17, 15) is 0 Å². The summed E-state index contributed by atoms with van der Waals surface area (Å²) >= 11 is 0. The highest BCUT2D eigenvalue weighted by molar-refractivity contribution is 5.53. The lowest BCUT2D eigenvalue weighted by Crippen LogP contribution is -2.09. The molecular weight excluding hydrogens is 178 g/mol. The smallest absolute Gasteiger partial charge is 0.139 e. The molecule has 0 aliphatic rings.